The van der Waals surface area contributed by atoms with Gasteiger partial charge in [-0.15, -0.1) is 0 Å². The summed E-state index contributed by atoms with van der Waals surface area (Å²) < 4.78 is 2.85. The lowest BCUT2D eigenvalue weighted by Gasteiger charge is -2.00. The zero-order valence-corrected chi connectivity index (χ0v) is 9.73. The van der Waals surface area contributed by atoms with E-state index in [9.17, 15) is 4.79 Å². The van der Waals surface area contributed by atoms with Crippen molar-refractivity contribution >= 4 is 21.7 Å². The average molecular weight is 265 g/mol. The maximum atomic E-state index is 11.1. The van der Waals surface area contributed by atoms with E-state index in [1.807, 2.05) is 28.8 Å². The maximum Gasteiger partial charge on any atom is 0.179 e. The molecule has 0 aliphatic carbocycles. The minimum absolute atomic E-state index is 0.0224. The molecule has 0 aliphatic heterocycles. The molecule has 0 atom stereocenters. The summed E-state index contributed by atoms with van der Waals surface area (Å²) in [5, 5.41) is 0. The third-order valence-electron chi connectivity index (χ3n) is 2.07. The van der Waals surface area contributed by atoms with E-state index < -0.39 is 0 Å². The van der Waals surface area contributed by atoms with Gasteiger partial charge in [-0.1, -0.05) is 15.9 Å². The summed E-state index contributed by atoms with van der Waals surface area (Å²) in [5.41, 5.74) is 1.47. The van der Waals surface area contributed by atoms with Crippen LogP contribution in [-0.4, -0.2) is 15.3 Å². The van der Waals surface area contributed by atoms with Crippen LogP contribution in [0.1, 0.15) is 17.4 Å². The molecule has 0 spiro atoms. The molecule has 0 radical (unpaired) electrons. The third kappa shape index (κ3) is 2.15. The third-order valence-corrected chi connectivity index (χ3v) is 2.60. The molecule has 0 bridgehead atoms. The first kappa shape index (κ1) is 10.1. The first-order chi connectivity index (χ1) is 7.16. The number of carbonyl (C=O) groups is 1. The van der Waals surface area contributed by atoms with Crippen LogP contribution in [-0.2, 0) is 0 Å². The zero-order valence-electron chi connectivity index (χ0n) is 8.14. The van der Waals surface area contributed by atoms with E-state index in [0.717, 1.165) is 10.2 Å². The van der Waals surface area contributed by atoms with Crippen molar-refractivity contribution in [1.82, 2.24) is 9.55 Å². The Labute approximate surface area is 95.9 Å². The largest absolute Gasteiger partial charge is 0.306 e. The lowest BCUT2D eigenvalue weighted by molar-refractivity contribution is 0.101. The van der Waals surface area contributed by atoms with E-state index in [-0.39, 0.29) is 5.78 Å². The van der Waals surface area contributed by atoms with Crippen LogP contribution < -0.4 is 0 Å². The number of imidazole rings is 1. The molecule has 3 nitrogen and oxygen atoms in total. The Morgan fingerprint density at radius 3 is 2.53 bits per heavy atom. The van der Waals surface area contributed by atoms with Crippen molar-refractivity contribution in [3.63, 3.8) is 0 Å². The van der Waals surface area contributed by atoms with Gasteiger partial charge in [0.05, 0.1) is 0 Å². The topological polar surface area (TPSA) is 34.9 Å². The van der Waals surface area contributed by atoms with Gasteiger partial charge in [-0.3, -0.25) is 4.79 Å². The van der Waals surface area contributed by atoms with Crippen LogP contribution in [0.4, 0.5) is 0 Å². The predicted molar refractivity (Wildman–Crippen MR) is 61.3 cm³/mol. The van der Waals surface area contributed by atoms with Crippen molar-refractivity contribution < 1.29 is 4.79 Å². The number of aromatic nitrogens is 2. The molecule has 0 N–H and O–H groups in total. The average Bonchev–Trinajstić information content (AvgIpc) is 2.68. The molecule has 0 saturated heterocycles. The van der Waals surface area contributed by atoms with Crippen LogP contribution in [0.25, 0.3) is 5.69 Å². The number of halogens is 1. The normalized spacial score (nSPS) is 10.3. The summed E-state index contributed by atoms with van der Waals surface area (Å²) in [7, 11) is 0. The van der Waals surface area contributed by atoms with Crippen molar-refractivity contribution in [2.45, 2.75) is 6.92 Å². The van der Waals surface area contributed by atoms with Crippen LogP contribution >= 0.6 is 15.9 Å². The molecule has 76 valence electrons. The van der Waals surface area contributed by atoms with Gasteiger partial charge in [0.2, 0.25) is 0 Å². The second-order valence-corrected chi connectivity index (χ2v) is 4.11. The SMILES string of the molecule is CC(=O)c1cn(-c2ccc(Br)cc2)cn1. The van der Waals surface area contributed by atoms with E-state index in [2.05, 4.69) is 20.9 Å². The molecular formula is C11H9BrN2O. The second-order valence-electron chi connectivity index (χ2n) is 3.20. The molecule has 2 aromatic rings. The van der Waals surface area contributed by atoms with Crippen molar-refractivity contribution in [3.05, 3.63) is 47.0 Å². The van der Waals surface area contributed by atoms with Crippen LogP contribution in [0.5, 0.6) is 0 Å². The standard InChI is InChI=1S/C11H9BrN2O/c1-8(15)11-6-14(7-13-11)10-4-2-9(12)3-5-10/h2-7H,1H3. The Morgan fingerprint density at radius 2 is 2.00 bits per heavy atom. The fourth-order valence-corrected chi connectivity index (χ4v) is 1.52. The molecule has 1 aromatic carbocycles. The second kappa shape index (κ2) is 3.98. The van der Waals surface area contributed by atoms with Gasteiger partial charge in [0.15, 0.2) is 5.78 Å². The van der Waals surface area contributed by atoms with Gasteiger partial charge in [-0.05, 0) is 24.3 Å². The lowest BCUT2D eigenvalue weighted by Crippen LogP contribution is -1.92. The molecule has 2 rings (SSSR count). The number of hydrogen-bond acceptors (Lipinski definition) is 2. The van der Waals surface area contributed by atoms with E-state index in [1.165, 1.54) is 6.92 Å². The van der Waals surface area contributed by atoms with Crippen LogP contribution in [0, 0.1) is 0 Å². The fourth-order valence-electron chi connectivity index (χ4n) is 1.26. The zero-order chi connectivity index (χ0) is 10.8. The monoisotopic (exact) mass is 264 g/mol. The molecule has 1 aromatic heterocycles. The quantitative estimate of drug-likeness (QED) is 0.782. The molecule has 0 amide bonds. The van der Waals surface area contributed by atoms with Gasteiger partial charge in [0.25, 0.3) is 0 Å². The molecule has 15 heavy (non-hydrogen) atoms. The summed E-state index contributed by atoms with van der Waals surface area (Å²) in [5.74, 6) is -0.0224. The Bertz CT molecular complexity index is 488. The highest BCUT2D eigenvalue weighted by Gasteiger charge is 2.04. The maximum absolute atomic E-state index is 11.1. The highest BCUT2D eigenvalue weighted by Crippen LogP contribution is 2.14. The number of hydrogen-bond donors (Lipinski definition) is 0. The molecule has 1 heterocycles. The predicted octanol–water partition coefficient (Wildman–Crippen LogP) is 2.84. The van der Waals surface area contributed by atoms with Crippen LogP contribution in [0.2, 0.25) is 0 Å². The number of carbonyl (C=O) groups excluding carboxylic acids is 1. The smallest absolute Gasteiger partial charge is 0.179 e. The number of Topliss-reactive ketones (excluding diaryl/α,β-unsaturated/α-hetero) is 1. The summed E-state index contributed by atoms with van der Waals surface area (Å²) in [6, 6.07) is 7.80. The molecule has 4 heteroatoms. The summed E-state index contributed by atoms with van der Waals surface area (Å²) in [6.45, 7) is 1.51. The van der Waals surface area contributed by atoms with E-state index >= 15 is 0 Å². The molecule has 0 fully saturated rings. The van der Waals surface area contributed by atoms with Crippen molar-refractivity contribution in [2.24, 2.45) is 0 Å². The molecular weight excluding hydrogens is 256 g/mol. The van der Waals surface area contributed by atoms with Gasteiger partial charge in [-0.2, -0.15) is 0 Å². The molecule has 0 unspecified atom stereocenters. The van der Waals surface area contributed by atoms with Crippen LogP contribution in [0.15, 0.2) is 41.3 Å². The first-order valence-corrected chi connectivity index (χ1v) is 5.27. The highest BCUT2D eigenvalue weighted by atomic mass is 79.9. The van der Waals surface area contributed by atoms with Crippen molar-refractivity contribution in [1.29, 1.82) is 0 Å². The number of nitrogens with zero attached hydrogens (tertiary/aromatic N) is 2. The number of ketones is 1. The lowest BCUT2D eigenvalue weighted by atomic mass is 10.3. The highest BCUT2D eigenvalue weighted by molar-refractivity contribution is 9.10. The Balaban J connectivity index is 2.37. The number of benzene rings is 1. The van der Waals surface area contributed by atoms with Gasteiger partial charge in [-0.25, -0.2) is 4.98 Å². The Hall–Kier alpha value is -1.42. The Kier molecular flexibility index (Phi) is 2.68. The minimum atomic E-state index is -0.0224. The van der Waals surface area contributed by atoms with Gasteiger partial charge in [0.1, 0.15) is 12.0 Å². The summed E-state index contributed by atoms with van der Waals surface area (Å²) >= 11 is 3.37. The first-order valence-electron chi connectivity index (χ1n) is 4.47. The van der Waals surface area contributed by atoms with Gasteiger partial charge >= 0.3 is 0 Å². The summed E-state index contributed by atoms with van der Waals surface area (Å²) in [4.78, 5) is 15.1. The minimum Gasteiger partial charge on any atom is -0.306 e. The number of rotatable bonds is 2. The fraction of sp³-hybridized carbons (Fsp3) is 0.0909. The van der Waals surface area contributed by atoms with Crippen LogP contribution in [0.3, 0.4) is 0 Å². The molecule has 0 aliphatic rings. The molecule has 0 saturated carbocycles. The van der Waals surface area contributed by atoms with E-state index in [4.69, 9.17) is 0 Å². The van der Waals surface area contributed by atoms with Gasteiger partial charge in [0, 0.05) is 23.3 Å². The van der Waals surface area contributed by atoms with E-state index in [0.29, 0.717) is 5.69 Å². The van der Waals surface area contributed by atoms with Gasteiger partial charge < -0.3 is 4.57 Å². The Morgan fingerprint density at radius 1 is 1.33 bits per heavy atom. The van der Waals surface area contributed by atoms with E-state index in [1.54, 1.807) is 12.5 Å². The van der Waals surface area contributed by atoms with Crippen molar-refractivity contribution in [2.75, 3.05) is 0 Å². The summed E-state index contributed by atoms with van der Waals surface area (Å²) in [6.07, 6.45) is 3.37. The van der Waals surface area contributed by atoms with Crippen molar-refractivity contribution in [3.8, 4) is 5.69 Å².